The van der Waals surface area contributed by atoms with Gasteiger partial charge in [0, 0.05) is 28.4 Å². The molecule has 0 amide bonds. The lowest BCUT2D eigenvalue weighted by Gasteiger charge is -2.09. The van der Waals surface area contributed by atoms with Crippen molar-refractivity contribution in [1.29, 1.82) is 0 Å². The van der Waals surface area contributed by atoms with Crippen LogP contribution in [-0.2, 0) is 4.79 Å². The molecule has 5 nitrogen and oxygen atoms in total. The molecule has 1 aromatic heterocycles. The molecule has 7 heteroatoms. The topological polar surface area (TPSA) is 94.4 Å². The number of aromatic nitrogens is 1. The van der Waals surface area contributed by atoms with Gasteiger partial charge in [-0.25, -0.2) is 4.98 Å². The highest BCUT2D eigenvalue weighted by Crippen LogP contribution is 2.31. The van der Waals surface area contributed by atoms with Crippen LogP contribution in [0, 0.1) is 6.92 Å². The number of rotatable bonds is 3. The summed E-state index contributed by atoms with van der Waals surface area (Å²) >= 11 is 10.8. The summed E-state index contributed by atoms with van der Waals surface area (Å²) in [5, 5.41) is 0.486. The number of hydrogen-bond donors (Lipinski definition) is 3. The van der Waals surface area contributed by atoms with Gasteiger partial charge in [0.2, 0.25) is 0 Å². The summed E-state index contributed by atoms with van der Waals surface area (Å²) in [4.78, 5) is 17.3. The van der Waals surface area contributed by atoms with Crippen LogP contribution >= 0.6 is 24.2 Å². The molecule has 0 bridgehead atoms. The van der Waals surface area contributed by atoms with Crippen molar-refractivity contribution in [3.8, 4) is 11.1 Å². The van der Waals surface area contributed by atoms with E-state index in [1.54, 1.807) is 12.4 Å². The van der Waals surface area contributed by atoms with E-state index in [-0.39, 0.29) is 0 Å². The van der Waals surface area contributed by atoms with Gasteiger partial charge < -0.3 is 16.3 Å². The maximum atomic E-state index is 8.00. The van der Waals surface area contributed by atoms with E-state index in [4.69, 9.17) is 22.1 Å². The van der Waals surface area contributed by atoms with Gasteiger partial charge in [-0.2, -0.15) is 0 Å². The van der Waals surface area contributed by atoms with Crippen LogP contribution in [0.4, 0.5) is 0 Å². The van der Waals surface area contributed by atoms with Gasteiger partial charge in [0.05, 0.1) is 5.70 Å². The molecule has 0 fully saturated rings. The molecule has 0 spiro atoms. The largest absolute Gasteiger partial charge is 0.333 e. The van der Waals surface area contributed by atoms with Crippen LogP contribution in [0.2, 0.25) is 5.15 Å². The Hall–Kier alpha value is -1.99. The van der Waals surface area contributed by atoms with Gasteiger partial charge in [0.1, 0.15) is 11.9 Å². The summed E-state index contributed by atoms with van der Waals surface area (Å²) in [5.74, 6) is 0. The van der Waals surface area contributed by atoms with Crippen LogP contribution < -0.4 is 11.5 Å². The number of pyridine rings is 1. The Morgan fingerprint density at radius 2 is 1.72 bits per heavy atom. The van der Waals surface area contributed by atoms with Gasteiger partial charge in [-0.3, -0.25) is 4.99 Å². The molecular formula is C22H33ClN4OS. The van der Waals surface area contributed by atoms with E-state index in [2.05, 4.69) is 47.4 Å². The first-order valence-electron chi connectivity index (χ1n) is 9.00. The summed E-state index contributed by atoms with van der Waals surface area (Å²) in [7, 11) is 1.50. The molecule has 4 N–H and O–H groups in total. The number of carbonyl (C=O) groups excluding carboxylic acids is 1. The highest BCUT2D eigenvalue weighted by Gasteiger charge is 2.09. The lowest BCUT2D eigenvalue weighted by molar-refractivity contribution is -0.0979. The van der Waals surface area contributed by atoms with Crippen molar-refractivity contribution >= 4 is 42.1 Å². The molecule has 2 aromatic rings. The average molecular weight is 437 g/mol. The Bertz CT molecular complexity index is 772. The van der Waals surface area contributed by atoms with Crippen LogP contribution in [0.25, 0.3) is 16.0 Å². The summed E-state index contributed by atoms with van der Waals surface area (Å²) in [5.41, 5.74) is 14.5. The number of aryl methyl sites for hydroxylation is 1. The summed E-state index contributed by atoms with van der Waals surface area (Å²) in [6, 6.07) is 10.5. The Labute approximate surface area is 185 Å². The minimum Gasteiger partial charge on any atom is -0.333 e. The zero-order valence-electron chi connectivity index (χ0n) is 18.1. The second kappa shape index (κ2) is 16.9. The lowest BCUT2D eigenvalue weighted by atomic mass is 10.0. The third-order valence-corrected chi connectivity index (χ3v) is 4.02. The summed E-state index contributed by atoms with van der Waals surface area (Å²) in [6.07, 6.45) is 3.47. The van der Waals surface area contributed by atoms with E-state index >= 15 is 0 Å². The zero-order valence-corrected chi connectivity index (χ0v) is 19.8. The van der Waals surface area contributed by atoms with Crippen LogP contribution in [0.15, 0.2) is 47.2 Å². The third kappa shape index (κ3) is 11.6. The molecule has 0 saturated carbocycles. The number of nitrogens with zero attached hydrogens (tertiary/aromatic N) is 2. The number of allylic oxidation sites excluding steroid dienone is 1. The van der Waals surface area contributed by atoms with Crippen molar-refractivity contribution in [1.82, 2.24) is 4.98 Å². The van der Waals surface area contributed by atoms with E-state index in [1.165, 1.54) is 12.6 Å². The minimum atomic E-state index is 0.333. The van der Waals surface area contributed by atoms with Crippen molar-refractivity contribution in [3.63, 3.8) is 0 Å². The number of carbonyl (C=O) groups is 1. The van der Waals surface area contributed by atoms with Gasteiger partial charge in [0.25, 0.3) is 0 Å². The van der Waals surface area contributed by atoms with Crippen LogP contribution in [0.5, 0.6) is 0 Å². The van der Waals surface area contributed by atoms with Gasteiger partial charge in [-0.05, 0) is 45.5 Å². The molecule has 0 aliphatic heterocycles. The monoisotopic (exact) mass is 436 g/mol. The van der Waals surface area contributed by atoms with Crippen molar-refractivity contribution in [3.05, 3.63) is 58.5 Å². The minimum absolute atomic E-state index is 0.333. The fourth-order valence-electron chi connectivity index (χ4n) is 1.98. The molecular weight excluding hydrogens is 404 g/mol. The number of thiol groups is 1. The molecule has 0 radical (unpaired) electrons. The van der Waals surface area contributed by atoms with E-state index < -0.39 is 0 Å². The SMILES string of the molecule is C=O.CC(C)N.CC=N/C(C)=C(\S)c1cnc(Cl)c(-c2ccc(C)cc2)c1.CN. The van der Waals surface area contributed by atoms with Crippen LogP contribution in [-0.4, -0.2) is 31.1 Å². The van der Waals surface area contributed by atoms with Crippen LogP contribution in [0.1, 0.15) is 38.8 Å². The number of hydrogen-bond acceptors (Lipinski definition) is 6. The smallest absolute Gasteiger partial charge is 0.136 e. The molecule has 0 aliphatic carbocycles. The van der Waals surface area contributed by atoms with Crippen molar-refractivity contribution in [2.75, 3.05) is 7.05 Å². The fourth-order valence-corrected chi connectivity index (χ4v) is 2.37. The van der Waals surface area contributed by atoms with Crippen LogP contribution in [0.3, 0.4) is 0 Å². The quantitative estimate of drug-likeness (QED) is 0.351. The molecule has 0 saturated heterocycles. The number of halogens is 1. The van der Waals surface area contributed by atoms with E-state index in [0.717, 1.165) is 27.3 Å². The highest BCUT2D eigenvalue weighted by atomic mass is 35.5. The maximum absolute atomic E-state index is 8.00. The Morgan fingerprint density at radius 3 is 2.17 bits per heavy atom. The van der Waals surface area contributed by atoms with Gasteiger partial charge in [-0.15, -0.1) is 12.6 Å². The third-order valence-electron chi connectivity index (χ3n) is 3.14. The maximum Gasteiger partial charge on any atom is 0.136 e. The number of aliphatic imine (C=N–C) groups is 1. The van der Waals surface area contributed by atoms with Gasteiger partial charge >= 0.3 is 0 Å². The van der Waals surface area contributed by atoms with Gasteiger partial charge in [-0.1, -0.05) is 55.3 Å². The predicted octanol–water partition coefficient (Wildman–Crippen LogP) is 5.16. The second-order valence-corrected chi connectivity index (χ2v) is 6.80. The molecule has 1 heterocycles. The molecule has 29 heavy (non-hydrogen) atoms. The zero-order chi connectivity index (χ0) is 23.0. The first kappa shape index (κ1) is 29.2. The lowest BCUT2D eigenvalue weighted by Crippen LogP contribution is -2.06. The van der Waals surface area contributed by atoms with Crippen molar-refractivity contribution in [2.24, 2.45) is 16.5 Å². The van der Waals surface area contributed by atoms with E-state index in [9.17, 15) is 0 Å². The molecule has 160 valence electrons. The molecule has 0 unspecified atom stereocenters. The second-order valence-electron chi connectivity index (χ2n) is 5.99. The Morgan fingerprint density at radius 1 is 1.24 bits per heavy atom. The normalized spacial score (nSPS) is 10.7. The predicted molar refractivity (Wildman–Crippen MR) is 132 cm³/mol. The number of benzene rings is 1. The molecule has 0 aliphatic rings. The van der Waals surface area contributed by atoms with Crippen molar-refractivity contribution in [2.45, 2.75) is 40.7 Å². The van der Waals surface area contributed by atoms with Gasteiger partial charge in [0.15, 0.2) is 0 Å². The van der Waals surface area contributed by atoms with E-state index in [0.29, 0.717) is 11.2 Å². The van der Waals surface area contributed by atoms with Crippen molar-refractivity contribution < 1.29 is 4.79 Å². The molecule has 2 rings (SSSR count). The Balaban J connectivity index is 0. The number of nitrogens with two attached hydrogens (primary N) is 2. The van der Waals surface area contributed by atoms with E-state index in [1.807, 2.05) is 52.7 Å². The fraction of sp³-hybridized carbons (Fsp3) is 0.318. The highest BCUT2D eigenvalue weighted by molar-refractivity contribution is 7.90. The average Bonchev–Trinajstić information content (AvgIpc) is 2.71. The standard InChI is InChI=1S/C17H17ClN2S.C3H9N.CH5N.CH2O/c1-4-19-12(3)16(21)14-9-15(17(18)20-10-14)13-7-5-11(2)6-8-13;1-3(2)4;2*1-2/h4-10,21H,1-3H3;3H,4H2,1-2H3;2H2,1H3;1H2/b16-12-,19-4?;;;. The summed E-state index contributed by atoms with van der Waals surface area (Å²) < 4.78 is 0. The molecule has 1 aromatic carbocycles. The Kier molecular flexibility index (Phi) is 17.0. The molecule has 0 atom stereocenters. The first-order valence-corrected chi connectivity index (χ1v) is 9.82. The first-order chi connectivity index (χ1) is 13.8. The summed E-state index contributed by atoms with van der Waals surface area (Å²) in [6.45, 7) is 11.7.